The molecule has 4 aromatic rings. The maximum absolute atomic E-state index is 12.8. The lowest BCUT2D eigenvalue weighted by Crippen LogP contribution is -2.43. The molecule has 2 heterocycles. The van der Waals surface area contributed by atoms with Crippen LogP contribution in [0.5, 0.6) is 0 Å². The molecular formula is C24H19N3O5. The standard InChI is InChI=1S/C24H19N3O5/c1-15-11-12-21(32-15)20-13-18(17-9-5-6-10-19(17)25-20)24(30)31-14-22(28)26-27-23(29)16-7-3-2-4-8-16/h2-13H,14H2,1H3,(H,26,28)(H,27,29). The van der Waals surface area contributed by atoms with Crippen LogP contribution in [0.3, 0.4) is 0 Å². The molecule has 0 unspecified atom stereocenters. The van der Waals surface area contributed by atoms with Crippen molar-refractivity contribution in [1.29, 1.82) is 0 Å². The van der Waals surface area contributed by atoms with E-state index in [-0.39, 0.29) is 5.56 Å². The first kappa shape index (κ1) is 20.8. The lowest BCUT2D eigenvalue weighted by molar-refractivity contribution is -0.125. The van der Waals surface area contributed by atoms with Gasteiger partial charge in [0.2, 0.25) is 0 Å². The Kier molecular flexibility index (Phi) is 5.94. The van der Waals surface area contributed by atoms with E-state index < -0.39 is 24.4 Å². The number of furan rings is 1. The van der Waals surface area contributed by atoms with E-state index in [4.69, 9.17) is 9.15 Å². The molecule has 2 aromatic carbocycles. The molecule has 32 heavy (non-hydrogen) atoms. The van der Waals surface area contributed by atoms with Gasteiger partial charge in [-0.05, 0) is 43.3 Å². The zero-order valence-electron chi connectivity index (χ0n) is 17.1. The largest absolute Gasteiger partial charge is 0.460 e. The second-order valence-corrected chi connectivity index (χ2v) is 6.93. The molecule has 0 saturated carbocycles. The first-order valence-electron chi connectivity index (χ1n) is 9.79. The second kappa shape index (κ2) is 9.13. The Morgan fingerprint density at radius 1 is 0.938 bits per heavy atom. The van der Waals surface area contributed by atoms with E-state index >= 15 is 0 Å². The molecule has 4 rings (SSSR count). The molecule has 0 atom stereocenters. The molecule has 0 aliphatic carbocycles. The zero-order chi connectivity index (χ0) is 22.5. The third kappa shape index (κ3) is 4.65. The van der Waals surface area contributed by atoms with E-state index in [9.17, 15) is 14.4 Å². The maximum Gasteiger partial charge on any atom is 0.339 e. The summed E-state index contributed by atoms with van der Waals surface area (Å²) in [6.45, 7) is 1.24. The van der Waals surface area contributed by atoms with Crippen LogP contribution in [-0.2, 0) is 9.53 Å². The number of benzene rings is 2. The van der Waals surface area contributed by atoms with Crippen molar-refractivity contribution in [2.45, 2.75) is 6.92 Å². The predicted octanol–water partition coefficient (Wildman–Crippen LogP) is 3.42. The number of amides is 2. The highest BCUT2D eigenvalue weighted by Crippen LogP contribution is 2.26. The van der Waals surface area contributed by atoms with Crippen LogP contribution in [0.4, 0.5) is 0 Å². The van der Waals surface area contributed by atoms with Crippen molar-refractivity contribution in [3.8, 4) is 11.5 Å². The van der Waals surface area contributed by atoms with Gasteiger partial charge in [0.1, 0.15) is 11.5 Å². The molecule has 8 nitrogen and oxygen atoms in total. The molecule has 0 radical (unpaired) electrons. The molecular weight excluding hydrogens is 410 g/mol. The Morgan fingerprint density at radius 2 is 1.69 bits per heavy atom. The molecule has 0 aliphatic rings. The normalized spacial score (nSPS) is 10.5. The SMILES string of the molecule is Cc1ccc(-c2cc(C(=O)OCC(=O)NNC(=O)c3ccccc3)c3ccccc3n2)o1. The van der Waals surface area contributed by atoms with Crippen molar-refractivity contribution in [1.82, 2.24) is 15.8 Å². The number of esters is 1. The summed E-state index contributed by atoms with van der Waals surface area (Å²) in [7, 11) is 0. The molecule has 0 fully saturated rings. The minimum atomic E-state index is -0.697. The van der Waals surface area contributed by atoms with Crippen LogP contribution in [0.2, 0.25) is 0 Å². The van der Waals surface area contributed by atoms with Crippen molar-refractivity contribution < 1.29 is 23.5 Å². The van der Waals surface area contributed by atoms with E-state index in [1.165, 1.54) is 0 Å². The highest BCUT2D eigenvalue weighted by molar-refractivity contribution is 6.05. The summed E-state index contributed by atoms with van der Waals surface area (Å²) in [6.07, 6.45) is 0. The number of ether oxygens (including phenoxy) is 1. The number of hydrogen-bond donors (Lipinski definition) is 2. The number of carbonyl (C=O) groups excluding carboxylic acids is 3. The molecule has 2 amide bonds. The number of hydrazine groups is 1. The van der Waals surface area contributed by atoms with Gasteiger partial charge in [-0.1, -0.05) is 36.4 Å². The Hall–Kier alpha value is -4.46. The fourth-order valence-corrected chi connectivity index (χ4v) is 3.08. The Balaban J connectivity index is 1.45. The predicted molar refractivity (Wildman–Crippen MR) is 117 cm³/mol. The minimum Gasteiger partial charge on any atom is -0.460 e. The number of hydrogen-bond acceptors (Lipinski definition) is 6. The molecule has 0 aliphatic heterocycles. The third-order valence-electron chi connectivity index (χ3n) is 4.61. The number of fused-ring (bicyclic) bond motifs is 1. The second-order valence-electron chi connectivity index (χ2n) is 6.93. The van der Waals surface area contributed by atoms with Gasteiger partial charge in [-0.2, -0.15) is 0 Å². The van der Waals surface area contributed by atoms with Gasteiger partial charge < -0.3 is 9.15 Å². The van der Waals surface area contributed by atoms with Crippen molar-refractivity contribution in [2.75, 3.05) is 6.61 Å². The van der Waals surface area contributed by atoms with E-state index in [1.807, 2.05) is 13.0 Å². The molecule has 2 N–H and O–H groups in total. The topological polar surface area (TPSA) is 111 Å². The Morgan fingerprint density at radius 3 is 2.44 bits per heavy atom. The van der Waals surface area contributed by atoms with Gasteiger partial charge in [0.15, 0.2) is 12.4 Å². The fraction of sp³-hybridized carbons (Fsp3) is 0.0833. The summed E-state index contributed by atoms with van der Waals surface area (Å²) in [5.41, 5.74) is 6.19. The number of aryl methyl sites for hydroxylation is 1. The molecule has 160 valence electrons. The van der Waals surface area contributed by atoms with Crippen molar-refractivity contribution in [3.05, 3.63) is 89.7 Å². The summed E-state index contributed by atoms with van der Waals surface area (Å²) in [6, 6.07) is 20.6. The van der Waals surface area contributed by atoms with Gasteiger partial charge in [-0.25, -0.2) is 9.78 Å². The van der Waals surface area contributed by atoms with Crippen LogP contribution in [0, 0.1) is 6.92 Å². The number of pyridine rings is 1. The number of nitrogens with one attached hydrogen (secondary N) is 2. The fourth-order valence-electron chi connectivity index (χ4n) is 3.08. The van der Waals surface area contributed by atoms with Gasteiger partial charge >= 0.3 is 5.97 Å². The Labute approximate surface area is 183 Å². The van der Waals surface area contributed by atoms with E-state index in [0.29, 0.717) is 33.7 Å². The lowest BCUT2D eigenvalue weighted by atomic mass is 10.1. The monoisotopic (exact) mass is 429 g/mol. The minimum absolute atomic E-state index is 0.251. The molecule has 8 heteroatoms. The molecule has 0 spiro atoms. The average molecular weight is 429 g/mol. The van der Waals surface area contributed by atoms with Gasteiger partial charge in [-0.3, -0.25) is 20.4 Å². The number of para-hydroxylation sites is 1. The van der Waals surface area contributed by atoms with Crippen LogP contribution in [0.15, 0.2) is 77.2 Å². The van der Waals surface area contributed by atoms with Crippen molar-refractivity contribution >= 4 is 28.7 Å². The highest BCUT2D eigenvalue weighted by Gasteiger charge is 2.18. The van der Waals surface area contributed by atoms with Crippen LogP contribution in [0.1, 0.15) is 26.5 Å². The van der Waals surface area contributed by atoms with E-state index in [2.05, 4.69) is 15.8 Å². The smallest absolute Gasteiger partial charge is 0.339 e. The van der Waals surface area contributed by atoms with Gasteiger partial charge in [0.05, 0.1) is 11.1 Å². The first-order valence-corrected chi connectivity index (χ1v) is 9.79. The molecule has 0 bridgehead atoms. The first-order chi connectivity index (χ1) is 15.5. The van der Waals surface area contributed by atoms with Crippen LogP contribution in [0.25, 0.3) is 22.4 Å². The third-order valence-corrected chi connectivity index (χ3v) is 4.61. The number of rotatable bonds is 5. The Bertz CT molecular complexity index is 1300. The number of aromatic nitrogens is 1. The maximum atomic E-state index is 12.8. The van der Waals surface area contributed by atoms with E-state index in [0.717, 1.165) is 0 Å². The number of carbonyl (C=O) groups is 3. The van der Waals surface area contributed by atoms with E-state index in [1.54, 1.807) is 66.7 Å². The average Bonchev–Trinajstić information content (AvgIpc) is 3.27. The van der Waals surface area contributed by atoms with Gasteiger partial charge in [0.25, 0.3) is 11.8 Å². The quantitative estimate of drug-likeness (QED) is 0.372. The van der Waals surface area contributed by atoms with Gasteiger partial charge in [0, 0.05) is 10.9 Å². The number of nitrogens with zero attached hydrogens (tertiary/aromatic N) is 1. The summed E-state index contributed by atoms with van der Waals surface area (Å²) >= 11 is 0. The molecule has 0 saturated heterocycles. The van der Waals surface area contributed by atoms with Crippen molar-refractivity contribution in [2.24, 2.45) is 0 Å². The molecule has 2 aromatic heterocycles. The van der Waals surface area contributed by atoms with Crippen LogP contribution >= 0.6 is 0 Å². The summed E-state index contributed by atoms with van der Waals surface area (Å²) < 4.78 is 10.8. The lowest BCUT2D eigenvalue weighted by Gasteiger charge is -2.10. The van der Waals surface area contributed by atoms with Crippen LogP contribution < -0.4 is 10.9 Å². The summed E-state index contributed by atoms with van der Waals surface area (Å²) in [5, 5.41) is 0.585. The van der Waals surface area contributed by atoms with Crippen molar-refractivity contribution in [3.63, 3.8) is 0 Å². The summed E-state index contributed by atoms with van der Waals surface area (Å²) in [4.78, 5) is 41.3. The van der Waals surface area contributed by atoms with Gasteiger partial charge in [-0.15, -0.1) is 0 Å². The highest BCUT2D eigenvalue weighted by atomic mass is 16.5. The summed E-state index contributed by atoms with van der Waals surface area (Å²) in [5.74, 6) is -0.624. The zero-order valence-corrected chi connectivity index (χ0v) is 17.1. The van der Waals surface area contributed by atoms with Crippen LogP contribution in [-0.4, -0.2) is 29.4 Å².